The fourth-order valence-electron chi connectivity index (χ4n) is 5.51. The second-order valence-corrected chi connectivity index (χ2v) is 10.7. The van der Waals surface area contributed by atoms with Crippen LogP contribution in [0.5, 0.6) is 5.75 Å². The molecule has 1 aromatic heterocycles. The molecule has 0 N–H and O–H groups in total. The van der Waals surface area contributed by atoms with Gasteiger partial charge < -0.3 is 19.4 Å². The summed E-state index contributed by atoms with van der Waals surface area (Å²) in [5.74, 6) is -1.16. The number of halogens is 3. The summed E-state index contributed by atoms with van der Waals surface area (Å²) in [4.78, 5) is 10.9. The summed E-state index contributed by atoms with van der Waals surface area (Å²) < 4.78 is 50.6. The molecule has 3 aromatic rings. The second kappa shape index (κ2) is 10.8. The van der Waals surface area contributed by atoms with E-state index in [1.165, 1.54) is 18.2 Å². The molecule has 0 unspecified atom stereocenters. The SMILES string of the molecule is CC(C)N1CCOc2c(F)cc(-c3nc(Cc4ccc(N5CCC(N(C)C)CC5)c(F)c4)ccc3F)cc21. The molecular weight excluding hydrogens is 489 g/mol. The minimum atomic E-state index is -0.540. The molecule has 0 radical (unpaired) electrons. The molecule has 202 valence electrons. The molecule has 0 atom stereocenters. The zero-order chi connectivity index (χ0) is 27.0. The minimum Gasteiger partial charge on any atom is -0.486 e. The zero-order valence-corrected chi connectivity index (χ0v) is 22.5. The number of nitrogens with zero attached hydrogens (tertiary/aromatic N) is 4. The van der Waals surface area contributed by atoms with Gasteiger partial charge in [0.1, 0.15) is 23.9 Å². The summed E-state index contributed by atoms with van der Waals surface area (Å²) in [6, 6.07) is 11.9. The Morgan fingerprint density at radius 3 is 2.37 bits per heavy atom. The lowest BCUT2D eigenvalue weighted by atomic mass is 10.0. The van der Waals surface area contributed by atoms with Crippen molar-refractivity contribution in [2.75, 3.05) is 50.1 Å². The first-order valence-corrected chi connectivity index (χ1v) is 13.3. The highest BCUT2D eigenvalue weighted by Gasteiger charge is 2.26. The van der Waals surface area contributed by atoms with Crippen molar-refractivity contribution >= 4 is 11.4 Å². The van der Waals surface area contributed by atoms with Crippen molar-refractivity contribution in [3.8, 4) is 17.0 Å². The van der Waals surface area contributed by atoms with E-state index in [9.17, 15) is 8.78 Å². The summed E-state index contributed by atoms with van der Waals surface area (Å²) >= 11 is 0. The van der Waals surface area contributed by atoms with Crippen molar-refractivity contribution in [3.63, 3.8) is 0 Å². The average Bonchev–Trinajstić information content (AvgIpc) is 2.89. The standard InChI is InChI=1S/C30H35F3N4O/c1-19(2)37-13-14-38-30-26(33)17-21(18-28(30)37)29-24(31)7-6-22(34-29)15-20-5-8-27(25(32)16-20)36-11-9-23(10-12-36)35(3)4/h5-8,16-19,23H,9-15H2,1-4H3. The lowest BCUT2D eigenvalue weighted by Crippen LogP contribution is -2.42. The summed E-state index contributed by atoms with van der Waals surface area (Å²) in [7, 11) is 4.17. The molecule has 5 rings (SSSR count). The van der Waals surface area contributed by atoms with Crippen LogP contribution in [0, 0.1) is 17.5 Å². The first kappa shape index (κ1) is 26.4. The van der Waals surface area contributed by atoms with E-state index in [-0.39, 0.29) is 23.3 Å². The number of benzene rings is 2. The molecule has 38 heavy (non-hydrogen) atoms. The summed E-state index contributed by atoms with van der Waals surface area (Å²) in [5, 5.41) is 0. The van der Waals surface area contributed by atoms with Crippen molar-refractivity contribution < 1.29 is 17.9 Å². The van der Waals surface area contributed by atoms with Crippen LogP contribution >= 0.6 is 0 Å². The van der Waals surface area contributed by atoms with Crippen LogP contribution in [0.3, 0.4) is 0 Å². The first-order chi connectivity index (χ1) is 18.2. The molecule has 2 aromatic carbocycles. The Kier molecular flexibility index (Phi) is 7.52. The van der Waals surface area contributed by atoms with Crippen molar-refractivity contribution in [1.82, 2.24) is 9.88 Å². The highest BCUT2D eigenvalue weighted by atomic mass is 19.1. The van der Waals surface area contributed by atoms with E-state index in [1.54, 1.807) is 12.1 Å². The van der Waals surface area contributed by atoms with Gasteiger partial charge in [-0.25, -0.2) is 18.2 Å². The van der Waals surface area contributed by atoms with E-state index < -0.39 is 11.6 Å². The zero-order valence-electron chi connectivity index (χ0n) is 22.5. The molecule has 2 aliphatic heterocycles. The molecule has 1 fully saturated rings. The molecule has 5 nitrogen and oxygen atoms in total. The molecule has 3 heterocycles. The summed E-state index contributed by atoms with van der Waals surface area (Å²) in [6.45, 7) is 6.70. The van der Waals surface area contributed by atoms with E-state index in [4.69, 9.17) is 4.74 Å². The Labute approximate surface area is 222 Å². The van der Waals surface area contributed by atoms with E-state index in [0.717, 1.165) is 31.5 Å². The van der Waals surface area contributed by atoms with Gasteiger partial charge in [0.25, 0.3) is 0 Å². The normalized spacial score (nSPS) is 16.2. The second-order valence-electron chi connectivity index (χ2n) is 10.7. The number of hydrogen-bond donors (Lipinski definition) is 0. The maximum atomic E-state index is 15.1. The largest absolute Gasteiger partial charge is 0.486 e. The molecule has 2 aliphatic rings. The van der Waals surface area contributed by atoms with Crippen molar-refractivity contribution in [3.05, 3.63) is 71.2 Å². The van der Waals surface area contributed by atoms with Crippen LogP contribution in [0.4, 0.5) is 24.5 Å². The Morgan fingerprint density at radius 1 is 0.921 bits per heavy atom. The van der Waals surface area contributed by atoms with Crippen molar-refractivity contribution in [2.45, 2.75) is 45.2 Å². The molecule has 1 saturated heterocycles. The van der Waals surface area contributed by atoms with Crippen molar-refractivity contribution in [2.24, 2.45) is 0 Å². The average molecular weight is 525 g/mol. The highest BCUT2D eigenvalue weighted by molar-refractivity contribution is 5.72. The molecular formula is C30H35F3N4O. The predicted octanol–water partition coefficient (Wildman–Crippen LogP) is 5.89. The van der Waals surface area contributed by atoms with E-state index in [0.29, 0.717) is 48.2 Å². The van der Waals surface area contributed by atoms with Gasteiger partial charge in [-0.05, 0) is 82.7 Å². The Bertz CT molecular complexity index is 1300. The van der Waals surface area contributed by atoms with Gasteiger partial charge in [-0.15, -0.1) is 0 Å². The van der Waals surface area contributed by atoms with Crippen molar-refractivity contribution in [1.29, 1.82) is 0 Å². The smallest absolute Gasteiger partial charge is 0.178 e. The lowest BCUT2D eigenvalue weighted by molar-refractivity contribution is 0.249. The third kappa shape index (κ3) is 5.32. The van der Waals surface area contributed by atoms with Crippen LogP contribution in [-0.2, 0) is 6.42 Å². The molecule has 8 heteroatoms. The van der Waals surface area contributed by atoms with Crippen LogP contribution in [0.1, 0.15) is 37.9 Å². The number of fused-ring (bicyclic) bond motifs is 1. The maximum Gasteiger partial charge on any atom is 0.178 e. The number of rotatable bonds is 6. The predicted molar refractivity (Wildman–Crippen MR) is 146 cm³/mol. The number of aromatic nitrogens is 1. The van der Waals surface area contributed by atoms with Crippen LogP contribution in [0.15, 0.2) is 42.5 Å². The third-order valence-electron chi connectivity index (χ3n) is 7.65. The highest BCUT2D eigenvalue weighted by Crippen LogP contribution is 2.39. The van der Waals surface area contributed by atoms with E-state index in [2.05, 4.69) is 28.9 Å². The molecule has 0 spiro atoms. The topological polar surface area (TPSA) is 31.8 Å². The number of hydrogen-bond acceptors (Lipinski definition) is 5. The fraction of sp³-hybridized carbons (Fsp3) is 0.433. The number of pyridine rings is 1. The third-order valence-corrected chi connectivity index (χ3v) is 7.65. The number of ether oxygens (including phenoxy) is 1. The monoisotopic (exact) mass is 524 g/mol. The molecule has 0 aliphatic carbocycles. The quantitative estimate of drug-likeness (QED) is 0.401. The Morgan fingerprint density at radius 2 is 1.68 bits per heavy atom. The number of piperidine rings is 1. The van der Waals surface area contributed by atoms with E-state index in [1.807, 2.05) is 30.9 Å². The van der Waals surface area contributed by atoms with Crippen LogP contribution in [-0.4, -0.2) is 62.3 Å². The van der Waals surface area contributed by atoms with Gasteiger partial charge in [-0.1, -0.05) is 6.07 Å². The first-order valence-electron chi connectivity index (χ1n) is 13.3. The van der Waals surface area contributed by atoms with Gasteiger partial charge in [0.2, 0.25) is 0 Å². The van der Waals surface area contributed by atoms with E-state index >= 15 is 4.39 Å². The van der Waals surface area contributed by atoms with Gasteiger partial charge in [-0.2, -0.15) is 0 Å². The number of anilines is 2. The molecule has 0 saturated carbocycles. The minimum absolute atomic E-state index is 0.0688. The van der Waals surface area contributed by atoms with Gasteiger partial charge in [0, 0.05) is 42.9 Å². The van der Waals surface area contributed by atoms with Crippen LogP contribution in [0.2, 0.25) is 0 Å². The Balaban J connectivity index is 1.38. The summed E-state index contributed by atoms with van der Waals surface area (Å²) in [5.41, 5.74) is 2.95. The van der Waals surface area contributed by atoms with Crippen LogP contribution in [0.25, 0.3) is 11.3 Å². The fourth-order valence-corrected chi connectivity index (χ4v) is 5.51. The molecule has 0 bridgehead atoms. The van der Waals surface area contributed by atoms with Gasteiger partial charge in [-0.3, -0.25) is 0 Å². The van der Waals surface area contributed by atoms with Gasteiger partial charge >= 0.3 is 0 Å². The van der Waals surface area contributed by atoms with Crippen LogP contribution < -0.4 is 14.5 Å². The summed E-state index contributed by atoms with van der Waals surface area (Å²) in [6.07, 6.45) is 2.34. The maximum absolute atomic E-state index is 15.1. The molecule has 0 amide bonds. The van der Waals surface area contributed by atoms with Gasteiger partial charge in [0.15, 0.2) is 11.6 Å². The lowest BCUT2D eigenvalue weighted by Gasteiger charge is -2.36. The Hall–Kier alpha value is -3.26. The van der Waals surface area contributed by atoms with Gasteiger partial charge in [0.05, 0.1) is 17.9 Å².